The Bertz CT molecular complexity index is 1270. The van der Waals surface area contributed by atoms with Crippen molar-refractivity contribution in [3.8, 4) is 5.69 Å². The summed E-state index contributed by atoms with van der Waals surface area (Å²) in [7, 11) is 0. The lowest BCUT2D eigenvalue weighted by atomic mass is 10.2. The van der Waals surface area contributed by atoms with Crippen LogP contribution in [0.25, 0.3) is 26.0 Å². The second-order valence-electron chi connectivity index (χ2n) is 6.28. The minimum atomic E-state index is -0.321. The van der Waals surface area contributed by atoms with Crippen LogP contribution in [0.1, 0.15) is 18.9 Å². The number of rotatable bonds is 3. The molecule has 132 valence electrons. The third-order valence-electron chi connectivity index (χ3n) is 4.52. The fourth-order valence-electron chi connectivity index (χ4n) is 3.32. The molecule has 0 atom stereocenters. The summed E-state index contributed by atoms with van der Waals surface area (Å²) in [6, 6.07) is 13.1. The van der Waals surface area contributed by atoms with E-state index in [4.69, 9.17) is 11.6 Å². The Labute approximate surface area is 158 Å². The van der Waals surface area contributed by atoms with Crippen LogP contribution < -0.4 is 11.2 Å². The summed E-state index contributed by atoms with van der Waals surface area (Å²) in [5.41, 5.74) is 1.49. The van der Waals surface area contributed by atoms with Crippen molar-refractivity contribution in [1.82, 2.24) is 9.13 Å². The van der Waals surface area contributed by atoms with E-state index in [1.54, 1.807) is 16.7 Å². The van der Waals surface area contributed by atoms with Gasteiger partial charge in [-0.25, -0.2) is 9.36 Å². The molecule has 2 heterocycles. The van der Waals surface area contributed by atoms with Crippen LogP contribution >= 0.6 is 22.9 Å². The molecule has 0 saturated carbocycles. The highest BCUT2D eigenvalue weighted by Gasteiger charge is 2.19. The van der Waals surface area contributed by atoms with Crippen LogP contribution in [0.2, 0.25) is 5.02 Å². The van der Waals surface area contributed by atoms with Crippen LogP contribution in [0.3, 0.4) is 0 Å². The second kappa shape index (κ2) is 6.41. The van der Waals surface area contributed by atoms with Crippen LogP contribution in [-0.4, -0.2) is 9.13 Å². The number of thiophene rings is 1. The van der Waals surface area contributed by atoms with E-state index in [2.05, 4.69) is 0 Å². The highest BCUT2D eigenvalue weighted by Crippen LogP contribution is 2.31. The van der Waals surface area contributed by atoms with Crippen molar-refractivity contribution in [3.63, 3.8) is 0 Å². The Hall–Kier alpha value is -2.37. The lowest BCUT2D eigenvalue weighted by Crippen LogP contribution is -2.38. The van der Waals surface area contributed by atoms with Gasteiger partial charge in [0.2, 0.25) is 0 Å². The van der Waals surface area contributed by atoms with Crippen molar-refractivity contribution in [3.05, 3.63) is 73.9 Å². The van der Waals surface area contributed by atoms with Gasteiger partial charge in [-0.2, -0.15) is 0 Å². The zero-order valence-corrected chi connectivity index (χ0v) is 16.0. The molecule has 4 aromatic rings. The molecule has 0 bridgehead atoms. The van der Waals surface area contributed by atoms with Gasteiger partial charge in [-0.15, -0.1) is 11.3 Å². The van der Waals surface area contributed by atoms with E-state index >= 15 is 0 Å². The van der Waals surface area contributed by atoms with Crippen LogP contribution in [0, 0.1) is 6.92 Å². The maximum Gasteiger partial charge on any atom is 0.336 e. The van der Waals surface area contributed by atoms with Gasteiger partial charge in [-0.05, 0) is 37.1 Å². The summed E-state index contributed by atoms with van der Waals surface area (Å²) in [6.07, 6.45) is 0.798. The molecule has 0 unspecified atom stereocenters. The Morgan fingerprint density at radius 2 is 1.88 bits per heavy atom. The highest BCUT2D eigenvalue weighted by molar-refractivity contribution is 7.25. The van der Waals surface area contributed by atoms with Crippen molar-refractivity contribution in [2.24, 2.45) is 0 Å². The van der Waals surface area contributed by atoms with E-state index in [9.17, 15) is 9.59 Å². The lowest BCUT2D eigenvalue weighted by molar-refractivity contribution is 0.638. The summed E-state index contributed by atoms with van der Waals surface area (Å²) in [5, 5.41) is 1.44. The van der Waals surface area contributed by atoms with Gasteiger partial charge < -0.3 is 0 Å². The van der Waals surface area contributed by atoms with E-state index in [0.717, 1.165) is 27.6 Å². The molecule has 0 aliphatic heterocycles. The van der Waals surface area contributed by atoms with E-state index in [0.29, 0.717) is 22.0 Å². The lowest BCUT2D eigenvalue weighted by Gasteiger charge is -2.13. The summed E-state index contributed by atoms with van der Waals surface area (Å²) < 4.78 is 4.58. The molecule has 0 amide bonds. The van der Waals surface area contributed by atoms with Gasteiger partial charge in [0.1, 0.15) is 4.70 Å². The second-order valence-corrected chi connectivity index (χ2v) is 7.77. The van der Waals surface area contributed by atoms with Crippen LogP contribution in [0.5, 0.6) is 0 Å². The molecule has 4 nitrogen and oxygen atoms in total. The molecule has 2 aromatic heterocycles. The third-order valence-corrected chi connectivity index (χ3v) is 5.90. The van der Waals surface area contributed by atoms with Crippen LogP contribution in [-0.2, 0) is 6.54 Å². The number of fused-ring (bicyclic) bond motifs is 3. The summed E-state index contributed by atoms with van der Waals surface area (Å²) in [4.78, 5) is 26.5. The SMILES string of the molecule is CCCn1c(=O)n(-c2cc(Cl)ccc2C)c(=O)c2sc3ccccc3c21. The Kier molecular flexibility index (Phi) is 4.21. The Balaban J connectivity index is 2.23. The first-order valence-corrected chi connectivity index (χ1v) is 9.66. The molecule has 0 radical (unpaired) electrons. The topological polar surface area (TPSA) is 44.0 Å². The molecule has 4 rings (SSSR count). The Morgan fingerprint density at radius 3 is 2.65 bits per heavy atom. The largest absolute Gasteiger partial charge is 0.336 e. The molecule has 6 heteroatoms. The monoisotopic (exact) mass is 384 g/mol. The molecular weight excluding hydrogens is 368 g/mol. The molecule has 0 aliphatic carbocycles. The minimum Gasteiger partial charge on any atom is -0.291 e. The molecule has 0 N–H and O–H groups in total. The zero-order valence-electron chi connectivity index (χ0n) is 14.5. The van der Waals surface area contributed by atoms with E-state index in [1.807, 2.05) is 44.2 Å². The summed E-state index contributed by atoms with van der Waals surface area (Å²) >= 11 is 7.56. The van der Waals surface area contributed by atoms with E-state index in [1.165, 1.54) is 15.9 Å². The molecule has 2 aromatic carbocycles. The standard InChI is InChI=1S/C20H17ClN2O2S/c1-3-10-22-17-14-6-4-5-7-16(14)26-18(17)19(24)23(20(22)25)15-11-13(21)9-8-12(15)2/h4-9,11H,3,10H2,1-2H3. The summed E-state index contributed by atoms with van der Waals surface area (Å²) in [5.74, 6) is 0. The molecule has 0 saturated heterocycles. The van der Waals surface area contributed by atoms with Crippen molar-refractivity contribution < 1.29 is 0 Å². The van der Waals surface area contributed by atoms with Gasteiger partial charge in [0.15, 0.2) is 0 Å². The van der Waals surface area contributed by atoms with Gasteiger partial charge in [-0.3, -0.25) is 9.36 Å². The molecule has 0 spiro atoms. The minimum absolute atomic E-state index is 0.288. The van der Waals surface area contributed by atoms with Gasteiger partial charge in [0, 0.05) is 21.7 Å². The average Bonchev–Trinajstić information content (AvgIpc) is 3.01. The van der Waals surface area contributed by atoms with Crippen molar-refractivity contribution in [2.75, 3.05) is 0 Å². The van der Waals surface area contributed by atoms with E-state index < -0.39 is 0 Å². The molecular formula is C20H17ClN2O2S. The first kappa shape index (κ1) is 17.1. The van der Waals surface area contributed by atoms with Gasteiger partial charge >= 0.3 is 5.69 Å². The van der Waals surface area contributed by atoms with Crippen molar-refractivity contribution in [1.29, 1.82) is 0 Å². The highest BCUT2D eigenvalue weighted by atomic mass is 35.5. The number of aryl methyl sites for hydroxylation is 2. The van der Waals surface area contributed by atoms with E-state index in [-0.39, 0.29) is 11.2 Å². The maximum atomic E-state index is 13.3. The fourth-order valence-corrected chi connectivity index (χ4v) is 4.62. The zero-order chi connectivity index (χ0) is 18.4. The summed E-state index contributed by atoms with van der Waals surface area (Å²) in [6.45, 7) is 4.44. The predicted octanol–water partition coefficient (Wildman–Crippen LogP) is 4.74. The number of hydrogen-bond donors (Lipinski definition) is 0. The third kappa shape index (κ3) is 2.50. The van der Waals surface area contributed by atoms with Crippen LogP contribution in [0.15, 0.2) is 52.1 Å². The van der Waals surface area contributed by atoms with Gasteiger partial charge in [-0.1, -0.05) is 42.8 Å². The van der Waals surface area contributed by atoms with Gasteiger partial charge in [0.05, 0.1) is 11.2 Å². The molecule has 0 aliphatic rings. The number of aromatic nitrogens is 2. The number of halogens is 1. The first-order valence-electron chi connectivity index (χ1n) is 8.46. The number of nitrogens with zero attached hydrogens (tertiary/aromatic N) is 2. The van der Waals surface area contributed by atoms with Gasteiger partial charge in [0.25, 0.3) is 5.56 Å². The quantitative estimate of drug-likeness (QED) is 0.512. The number of benzene rings is 2. The predicted molar refractivity (Wildman–Crippen MR) is 109 cm³/mol. The first-order chi connectivity index (χ1) is 12.5. The Morgan fingerprint density at radius 1 is 1.12 bits per heavy atom. The normalized spacial score (nSPS) is 11.5. The van der Waals surface area contributed by atoms with Crippen molar-refractivity contribution >= 4 is 43.2 Å². The molecule has 26 heavy (non-hydrogen) atoms. The van der Waals surface area contributed by atoms with Crippen LogP contribution in [0.4, 0.5) is 0 Å². The average molecular weight is 385 g/mol. The fraction of sp³-hybridized carbons (Fsp3) is 0.200. The number of hydrogen-bond acceptors (Lipinski definition) is 3. The smallest absolute Gasteiger partial charge is 0.291 e. The molecule has 0 fully saturated rings. The maximum absolute atomic E-state index is 13.3. The van der Waals surface area contributed by atoms with Crippen molar-refractivity contribution in [2.45, 2.75) is 26.8 Å².